The highest BCUT2D eigenvalue weighted by molar-refractivity contribution is 5.90. The molecular weight excluding hydrogens is 210 g/mol. The summed E-state index contributed by atoms with van der Waals surface area (Å²) in [5, 5.41) is 8.87. The Kier molecular flexibility index (Phi) is 2.59. The number of aromatic nitrogens is 1. The highest BCUT2D eigenvalue weighted by Gasteiger charge is 2.14. The summed E-state index contributed by atoms with van der Waals surface area (Å²) in [7, 11) is 1.38. The fraction of sp³-hybridized carbons (Fsp3) is 0.0909. The van der Waals surface area contributed by atoms with E-state index in [2.05, 4.69) is 4.98 Å². The van der Waals surface area contributed by atoms with Gasteiger partial charge in [0.05, 0.1) is 13.4 Å². The first kappa shape index (κ1) is 10.2. The molecule has 0 spiro atoms. The van der Waals surface area contributed by atoms with Crippen LogP contribution in [0.5, 0.6) is 5.88 Å². The second kappa shape index (κ2) is 4.06. The molecule has 0 bridgehead atoms. The largest absolute Gasteiger partial charge is 0.480 e. The highest BCUT2D eigenvalue weighted by atomic mass is 16.5. The lowest BCUT2D eigenvalue weighted by molar-refractivity contribution is 0.0692. The Labute approximate surface area is 91.3 Å². The van der Waals surface area contributed by atoms with Gasteiger partial charge in [-0.3, -0.25) is 0 Å². The normalized spacial score (nSPS) is 10.1. The Balaban J connectivity index is 2.49. The van der Waals surface area contributed by atoms with E-state index in [1.54, 1.807) is 18.2 Å². The Hall–Kier alpha value is -2.30. The van der Waals surface area contributed by atoms with Crippen LogP contribution in [0.15, 0.2) is 34.9 Å². The molecule has 0 aliphatic rings. The van der Waals surface area contributed by atoms with Crippen molar-refractivity contribution < 1.29 is 19.1 Å². The van der Waals surface area contributed by atoms with Crippen LogP contribution < -0.4 is 4.74 Å². The molecule has 0 saturated heterocycles. The van der Waals surface area contributed by atoms with Crippen LogP contribution in [0.2, 0.25) is 0 Å². The molecule has 82 valence electrons. The lowest BCUT2D eigenvalue weighted by atomic mass is 10.2. The number of nitrogens with zero attached hydrogens (tertiary/aromatic N) is 1. The molecule has 0 aromatic carbocycles. The number of methoxy groups -OCH3 is 1. The van der Waals surface area contributed by atoms with Gasteiger partial charge in [-0.05, 0) is 24.3 Å². The molecule has 16 heavy (non-hydrogen) atoms. The Morgan fingerprint density at radius 3 is 2.81 bits per heavy atom. The van der Waals surface area contributed by atoms with Gasteiger partial charge < -0.3 is 14.3 Å². The van der Waals surface area contributed by atoms with Crippen molar-refractivity contribution in [3.8, 4) is 17.3 Å². The van der Waals surface area contributed by atoms with Gasteiger partial charge in [-0.2, -0.15) is 0 Å². The zero-order valence-electron chi connectivity index (χ0n) is 8.51. The summed E-state index contributed by atoms with van der Waals surface area (Å²) >= 11 is 0. The highest BCUT2D eigenvalue weighted by Crippen LogP contribution is 2.23. The third kappa shape index (κ3) is 1.75. The van der Waals surface area contributed by atoms with Gasteiger partial charge in [0.2, 0.25) is 5.88 Å². The average molecular weight is 219 g/mol. The smallest absolute Gasteiger partial charge is 0.341 e. The van der Waals surface area contributed by atoms with E-state index >= 15 is 0 Å². The molecule has 2 heterocycles. The summed E-state index contributed by atoms with van der Waals surface area (Å²) in [6.45, 7) is 0. The Morgan fingerprint density at radius 2 is 2.25 bits per heavy atom. The first-order valence-electron chi connectivity index (χ1n) is 4.54. The molecule has 0 radical (unpaired) electrons. The quantitative estimate of drug-likeness (QED) is 0.855. The molecule has 0 atom stereocenters. The number of carbonyl (C=O) groups is 1. The Morgan fingerprint density at radius 1 is 1.44 bits per heavy atom. The van der Waals surface area contributed by atoms with E-state index in [4.69, 9.17) is 14.3 Å². The van der Waals surface area contributed by atoms with Crippen molar-refractivity contribution in [3.63, 3.8) is 0 Å². The van der Waals surface area contributed by atoms with Crippen LogP contribution in [-0.4, -0.2) is 23.2 Å². The number of ether oxygens (including phenoxy) is 1. The number of hydrogen-bond acceptors (Lipinski definition) is 4. The van der Waals surface area contributed by atoms with Crippen LogP contribution in [-0.2, 0) is 0 Å². The van der Waals surface area contributed by atoms with Gasteiger partial charge in [-0.15, -0.1) is 0 Å². The predicted molar refractivity (Wildman–Crippen MR) is 55.5 cm³/mol. The number of carboxylic acid groups (broad SMARTS) is 1. The van der Waals surface area contributed by atoms with Crippen LogP contribution in [0.4, 0.5) is 0 Å². The minimum atomic E-state index is -1.07. The molecule has 0 amide bonds. The van der Waals surface area contributed by atoms with Gasteiger partial charge >= 0.3 is 5.97 Å². The number of carboxylic acids is 1. The second-order valence-electron chi connectivity index (χ2n) is 3.04. The number of aromatic carboxylic acids is 1. The molecule has 5 heteroatoms. The van der Waals surface area contributed by atoms with Crippen molar-refractivity contribution in [3.05, 3.63) is 36.1 Å². The Bertz CT molecular complexity index is 505. The predicted octanol–water partition coefficient (Wildman–Crippen LogP) is 2.05. The summed E-state index contributed by atoms with van der Waals surface area (Å²) in [4.78, 5) is 14.9. The van der Waals surface area contributed by atoms with Gasteiger partial charge in [-0.25, -0.2) is 9.78 Å². The third-order valence-corrected chi connectivity index (χ3v) is 2.06. The maximum Gasteiger partial charge on any atom is 0.341 e. The summed E-state index contributed by atoms with van der Waals surface area (Å²) in [5.74, 6) is -0.438. The number of furan rings is 1. The standard InChI is InChI=1S/C11H9NO4/c1-15-10-7(11(13)14)4-5-8(12-10)9-3-2-6-16-9/h2-6H,1H3,(H,13,14). The van der Waals surface area contributed by atoms with Crippen LogP contribution in [0.25, 0.3) is 11.5 Å². The van der Waals surface area contributed by atoms with Gasteiger partial charge in [-0.1, -0.05) is 0 Å². The van der Waals surface area contributed by atoms with Crippen LogP contribution >= 0.6 is 0 Å². The van der Waals surface area contributed by atoms with E-state index in [9.17, 15) is 4.79 Å². The number of hydrogen-bond donors (Lipinski definition) is 1. The zero-order chi connectivity index (χ0) is 11.5. The monoisotopic (exact) mass is 219 g/mol. The molecule has 1 N–H and O–H groups in total. The summed E-state index contributed by atoms with van der Waals surface area (Å²) < 4.78 is 10.1. The van der Waals surface area contributed by atoms with E-state index in [1.165, 1.54) is 19.4 Å². The first-order chi connectivity index (χ1) is 7.72. The lowest BCUT2D eigenvalue weighted by Crippen LogP contribution is -2.02. The van der Waals surface area contributed by atoms with Gasteiger partial charge in [0, 0.05) is 0 Å². The SMILES string of the molecule is COc1nc(-c2ccco2)ccc1C(=O)O. The molecular formula is C11H9NO4. The molecule has 0 unspecified atom stereocenters. The molecule has 2 aromatic rings. The zero-order valence-corrected chi connectivity index (χ0v) is 8.51. The number of pyridine rings is 1. The van der Waals surface area contributed by atoms with E-state index in [-0.39, 0.29) is 11.4 Å². The first-order valence-corrected chi connectivity index (χ1v) is 4.54. The summed E-state index contributed by atoms with van der Waals surface area (Å²) in [6, 6.07) is 6.48. The van der Waals surface area contributed by atoms with Crippen molar-refractivity contribution >= 4 is 5.97 Å². The molecule has 2 aromatic heterocycles. The van der Waals surface area contributed by atoms with Gasteiger partial charge in [0.1, 0.15) is 11.3 Å². The van der Waals surface area contributed by atoms with Crippen molar-refractivity contribution in [2.24, 2.45) is 0 Å². The fourth-order valence-corrected chi connectivity index (χ4v) is 1.32. The average Bonchev–Trinajstić information content (AvgIpc) is 2.81. The van der Waals surface area contributed by atoms with E-state index in [1.807, 2.05) is 0 Å². The van der Waals surface area contributed by atoms with Gasteiger partial charge in [0.25, 0.3) is 0 Å². The molecule has 0 fully saturated rings. The lowest BCUT2D eigenvalue weighted by Gasteiger charge is -2.04. The fourth-order valence-electron chi connectivity index (χ4n) is 1.32. The minimum Gasteiger partial charge on any atom is -0.480 e. The van der Waals surface area contributed by atoms with Crippen molar-refractivity contribution in [1.82, 2.24) is 4.98 Å². The minimum absolute atomic E-state index is 0.0257. The van der Waals surface area contributed by atoms with Crippen molar-refractivity contribution in [1.29, 1.82) is 0 Å². The molecule has 0 aliphatic heterocycles. The number of rotatable bonds is 3. The third-order valence-electron chi connectivity index (χ3n) is 2.06. The topological polar surface area (TPSA) is 72.6 Å². The van der Waals surface area contributed by atoms with Crippen molar-refractivity contribution in [2.45, 2.75) is 0 Å². The molecule has 5 nitrogen and oxygen atoms in total. The summed E-state index contributed by atoms with van der Waals surface area (Å²) in [5.41, 5.74) is 0.560. The van der Waals surface area contributed by atoms with Gasteiger partial charge in [0.15, 0.2) is 5.76 Å². The summed E-state index contributed by atoms with van der Waals surface area (Å²) in [6.07, 6.45) is 1.52. The van der Waals surface area contributed by atoms with Crippen LogP contribution in [0, 0.1) is 0 Å². The van der Waals surface area contributed by atoms with E-state index in [0.717, 1.165) is 0 Å². The second-order valence-corrected chi connectivity index (χ2v) is 3.04. The van der Waals surface area contributed by atoms with E-state index in [0.29, 0.717) is 11.5 Å². The molecule has 0 aliphatic carbocycles. The molecule has 0 saturated carbocycles. The van der Waals surface area contributed by atoms with E-state index < -0.39 is 5.97 Å². The van der Waals surface area contributed by atoms with Crippen molar-refractivity contribution in [2.75, 3.05) is 7.11 Å². The maximum atomic E-state index is 10.8. The van der Waals surface area contributed by atoms with Crippen LogP contribution in [0.1, 0.15) is 10.4 Å². The molecule has 2 rings (SSSR count). The van der Waals surface area contributed by atoms with Crippen LogP contribution in [0.3, 0.4) is 0 Å². The maximum absolute atomic E-state index is 10.8.